The molecule has 0 saturated carbocycles. The van der Waals surface area contributed by atoms with Crippen LogP contribution in [-0.4, -0.2) is 53.7 Å². The quantitative estimate of drug-likeness (QED) is 0.356. The van der Waals surface area contributed by atoms with Crippen molar-refractivity contribution in [1.29, 1.82) is 0 Å². The lowest BCUT2D eigenvalue weighted by Crippen LogP contribution is -2.58. The summed E-state index contributed by atoms with van der Waals surface area (Å²) in [6.45, 7) is 5.13. The number of nitrogens with one attached hydrogen (secondary N) is 1. The third-order valence-corrected chi connectivity index (χ3v) is 5.96. The number of hydrogen-bond donors (Lipinski definition) is 1. The summed E-state index contributed by atoms with van der Waals surface area (Å²) >= 11 is 18.5. The van der Waals surface area contributed by atoms with Gasteiger partial charge >= 0.3 is 0 Å². The second-order valence-electron chi connectivity index (χ2n) is 7.72. The first kappa shape index (κ1) is 25.1. The second kappa shape index (κ2) is 12.1. The summed E-state index contributed by atoms with van der Waals surface area (Å²) in [5, 5.41) is 2.86. The predicted molar refractivity (Wildman–Crippen MR) is 131 cm³/mol. The molecular weight excluding hydrogens is 471 g/mol. The highest BCUT2D eigenvalue weighted by molar-refractivity contribution is 6.68. The highest BCUT2D eigenvalue weighted by Crippen LogP contribution is 2.33. The lowest BCUT2D eigenvalue weighted by molar-refractivity contribution is 0.00996. The minimum atomic E-state index is -1.66. The minimum Gasteiger partial charge on any atom is -0.494 e. The molecule has 0 radical (unpaired) electrons. The van der Waals surface area contributed by atoms with Crippen LogP contribution in [0.4, 0.5) is 0 Å². The smallest absolute Gasteiger partial charge is 0.252 e. The van der Waals surface area contributed by atoms with E-state index in [4.69, 9.17) is 44.3 Å². The van der Waals surface area contributed by atoms with E-state index in [9.17, 15) is 4.79 Å². The van der Waals surface area contributed by atoms with Gasteiger partial charge in [-0.1, -0.05) is 78.8 Å². The number of halogens is 3. The maximum Gasteiger partial charge on any atom is 0.252 e. The molecule has 0 aliphatic carbocycles. The fourth-order valence-corrected chi connectivity index (χ4v) is 4.10. The fourth-order valence-electron chi connectivity index (χ4n) is 3.52. The van der Waals surface area contributed by atoms with Crippen LogP contribution in [0.15, 0.2) is 48.5 Å². The first-order valence-corrected chi connectivity index (χ1v) is 12.0. The van der Waals surface area contributed by atoms with Gasteiger partial charge in [-0.05, 0) is 41.8 Å². The summed E-state index contributed by atoms with van der Waals surface area (Å²) in [5.41, 5.74) is 2.55. The molecule has 1 heterocycles. The first-order chi connectivity index (χ1) is 15.4. The Labute approximate surface area is 204 Å². The molecule has 1 fully saturated rings. The zero-order valence-electron chi connectivity index (χ0n) is 18.2. The minimum absolute atomic E-state index is 0.296. The van der Waals surface area contributed by atoms with E-state index >= 15 is 0 Å². The molecule has 0 spiro atoms. The van der Waals surface area contributed by atoms with Gasteiger partial charge in [-0.25, -0.2) is 0 Å². The molecule has 1 unspecified atom stereocenters. The number of carbonyl (C=O) groups excluding carboxylic acids is 1. The Kier molecular flexibility index (Phi) is 9.50. The van der Waals surface area contributed by atoms with Gasteiger partial charge in [-0.15, -0.1) is 0 Å². The van der Waals surface area contributed by atoms with Gasteiger partial charge < -0.3 is 14.8 Å². The van der Waals surface area contributed by atoms with Crippen LogP contribution < -0.4 is 10.1 Å². The summed E-state index contributed by atoms with van der Waals surface area (Å²) < 4.78 is 9.46. The average molecular weight is 500 g/mol. The number of rotatable bonds is 9. The Morgan fingerprint density at radius 1 is 1.03 bits per heavy atom. The number of hydrogen-bond acceptors (Lipinski definition) is 4. The number of benzene rings is 2. The molecule has 2 aromatic carbocycles. The lowest BCUT2D eigenvalue weighted by atomic mass is 10.0. The number of nitrogens with zero attached hydrogens (tertiary/aromatic N) is 1. The summed E-state index contributed by atoms with van der Waals surface area (Å²) in [6, 6.07) is 15.3. The summed E-state index contributed by atoms with van der Waals surface area (Å²) in [4.78, 5) is 14.7. The van der Waals surface area contributed by atoms with Crippen molar-refractivity contribution in [2.24, 2.45) is 0 Å². The van der Waals surface area contributed by atoms with Crippen molar-refractivity contribution in [3.63, 3.8) is 0 Å². The van der Waals surface area contributed by atoms with Crippen molar-refractivity contribution in [1.82, 2.24) is 10.2 Å². The monoisotopic (exact) mass is 498 g/mol. The Hall–Kier alpha value is -1.50. The van der Waals surface area contributed by atoms with E-state index in [0.717, 1.165) is 29.9 Å². The standard InChI is InChI=1S/C24H29Cl3N2O3/c1-2-3-4-15-32-21-11-9-19(10-12-21)18-5-7-20(8-6-18)22(30)28-23(24(25,26)27)29-13-16-31-17-14-29/h5-12,23H,2-4,13-17H2,1H3,(H,28,30). The first-order valence-electron chi connectivity index (χ1n) is 10.9. The van der Waals surface area contributed by atoms with Gasteiger partial charge in [0.25, 0.3) is 5.91 Å². The summed E-state index contributed by atoms with van der Waals surface area (Å²) in [6.07, 6.45) is 2.67. The maximum absolute atomic E-state index is 12.8. The zero-order chi connectivity index (χ0) is 23.0. The van der Waals surface area contributed by atoms with E-state index in [1.807, 2.05) is 41.3 Å². The van der Waals surface area contributed by atoms with E-state index in [2.05, 4.69) is 12.2 Å². The molecule has 174 valence electrons. The van der Waals surface area contributed by atoms with Crippen molar-refractivity contribution < 1.29 is 14.3 Å². The van der Waals surface area contributed by atoms with Gasteiger partial charge in [0, 0.05) is 18.7 Å². The molecule has 1 N–H and O–H groups in total. The Morgan fingerprint density at radius 3 is 2.19 bits per heavy atom. The molecule has 1 aliphatic heterocycles. The van der Waals surface area contributed by atoms with Crippen LogP contribution in [0, 0.1) is 0 Å². The van der Waals surface area contributed by atoms with E-state index < -0.39 is 9.96 Å². The van der Waals surface area contributed by atoms with Gasteiger partial charge in [0.05, 0.1) is 19.8 Å². The Balaban J connectivity index is 1.62. The van der Waals surface area contributed by atoms with Crippen LogP contribution in [0.5, 0.6) is 5.75 Å². The average Bonchev–Trinajstić information content (AvgIpc) is 2.80. The van der Waals surface area contributed by atoms with Crippen LogP contribution in [0.2, 0.25) is 0 Å². The number of amides is 1. The number of morpholine rings is 1. The molecule has 3 rings (SSSR count). The third-order valence-electron chi connectivity index (χ3n) is 5.34. The van der Waals surface area contributed by atoms with Crippen molar-refractivity contribution >= 4 is 40.7 Å². The summed E-state index contributed by atoms with van der Waals surface area (Å²) in [5.74, 6) is 0.567. The normalized spacial score (nSPS) is 15.9. The number of carbonyl (C=O) groups is 1. The molecule has 8 heteroatoms. The van der Waals surface area contributed by atoms with Crippen molar-refractivity contribution in [3.05, 3.63) is 54.1 Å². The van der Waals surface area contributed by atoms with Crippen LogP contribution in [0.1, 0.15) is 36.5 Å². The molecular formula is C24H29Cl3N2O3. The molecule has 1 atom stereocenters. The van der Waals surface area contributed by atoms with Crippen LogP contribution >= 0.6 is 34.8 Å². The van der Waals surface area contributed by atoms with Crippen LogP contribution in [0.3, 0.4) is 0 Å². The fraction of sp³-hybridized carbons (Fsp3) is 0.458. The van der Waals surface area contributed by atoms with Crippen LogP contribution in [0.25, 0.3) is 11.1 Å². The van der Waals surface area contributed by atoms with Gasteiger partial charge in [0.15, 0.2) is 0 Å². The van der Waals surface area contributed by atoms with Gasteiger partial charge in [-0.2, -0.15) is 0 Å². The molecule has 1 saturated heterocycles. The van der Waals surface area contributed by atoms with E-state index in [1.54, 1.807) is 12.1 Å². The molecule has 0 aromatic heterocycles. The molecule has 1 amide bonds. The molecule has 32 heavy (non-hydrogen) atoms. The van der Waals surface area contributed by atoms with Gasteiger partial charge in [-0.3, -0.25) is 9.69 Å². The number of ether oxygens (including phenoxy) is 2. The largest absolute Gasteiger partial charge is 0.494 e. The highest BCUT2D eigenvalue weighted by atomic mass is 35.6. The predicted octanol–water partition coefficient (Wildman–Crippen LogP) is 5.68. The lowest BCUT2D eigenvalue weighted by Gasteiger charge is -2.38. The topological polar surface area (TPSA) is 50.8 Å². The number of unbranched alkanes of at least 4 members (excludes halogenated alkanes) is 2. The van der Waals surface area contributed by atoms with Gasteiger partial charge in [0.1, 0.15) is 11.9 Å². The molecule has 1 aliphatic rings. The maximum atomic E-state index is 12.8. The third kappa shape index (κ3) is 7.26. The highest BCUT2D eigenvalue weighted by Gasteiger charge is 2.39. The summed E-state index contributed by atoms with van der Waals surface area (Å²) in [7, 11) is 0. The van der Waals surface area contributed by atoms with E-state index in [1.165, 1.54) is 12.8 Å². The number of alkyl halides is 3. The SMILES string of the molecule is CCCCCOc1ccc(-c2ccc(C(=O)NC(N3CCOCC3)C(Cl)(Cl)Cl)cc2)cc1. The van der Waals surface area contributed by atoms with Crippen molar-refractivity contribution in [3.8, 4) is 16.9 Å². The van der Waals surface area contributed by atoms with E-state index in [0.29, 0.717) is 31.9 Å². The molecule has 2 aromatic rings. The Bertz CT molecular complexity index is 848. The van der Waals surface area contributed by atoms with Crippen LogP contribution in [-0.2, 0) is 4.74 Å². The van der Waals surface area contributed by atoms with Crippen molar-refractivity contribution in [2.75, 3.05) is 32.9 Å². The molecule has 5 nitrogen and oxygen atoms in total. The zero-order valence-corrected chi connectivity index (χ0v) is 20.4. The Morgan fingerprint density at radius 2 is 1.62 bits per heavy atom. The van der Waals surface area contributed by atoms with E-state index in [-0.39, 0.29) is 5.91 Å². The molecule has 0 bridgehead atoms. The second-order valence-corrected chi connectivity index (χ2v) is 10.1. The van der Waals surface area contributed by atoms with Gasteiger partial charge in [0.2, 0.25) is 3.79 Å². The van der Waals surface area contributed by atoms with Crippen molar-refractivity contribution in [2.45, 2.75) is 36.1 Å².